The van der Waals surface area contributed by atoms with E-state index in [2.05, 4.69) is 6.58 Å². The summed E-state index contributed by atoms with van der Waals surface area (Å²) in [5, 5.41) is 0.692. The predicted molar refractivity (Wildman–Crippen MR) is 43.7 cm³/mol. The lowest BCUT2D eigenvalue weighted by Gasteiger charge is -1.97. The van der Waals surface area contributed by atoms with E-state index in [-0.39, 0.29) is 0 Å². The highest BCUT2D eigenvalue weighted by molar-refractivity contribution is 7.80. The molecule has 2 heteroatoms. The van der Waals surface area contributed by atoms with Crippen LogP contribution in [0.4, 0.5) is 0 Å². The molecule has 9 heavy (non-hydrogen) atoms. The Morgan fingerprint density at radius 3 is 2.89 bits per heavy atom. The average Bonchev–Trinajstić information content (AvgIpc) is 1.89. The van der Waals surface area contributed by atoms with Crippen LogP contribution in [0.25, 0.3) is 0 Å². The van der Waals surface area contributed by atoms with Gasteiger partial charge in [0, 0.05) is 6.42 Å². The molecule has 0 bridgehead atoms. The first kappa shape index (κ1) is 8.63. The lowest BCUT2D eigenvalue weighted by Crippen LogP contribution is -1.95. The Kier molecular flexibility index (Phi) is 5.52. The number of allylic oxidation sites excluding steroid dienone is 1. The van der Waals surface area contributed by atoms with Crippen LogP contribution in [0.3, 0.4) is 0 Å². The van der Waals surface area contributed by atoms with Gasteiger partial charge in [0.05, 0.1) is 7.11 Å². The number of rotatable bonds is 4. The van der Waals surface area contributed by atoms with Crippen molar-refractivity contribution in [2.75, 3.05) is 7.11 Å². The van der Waals surface area contributed by atoms with E-state index in [1.165, 1.54) is 0 Å². The minimum atomic E-state index is 0.692. The first-order valence-corrected chi connectivity index (χ1v) is 3.39. The number of hydrogen-bond donors (Lipinski definition) is 0. The number of ether oxygens (including phenoxy) is 1. The summed E-state index contributed by atoms with van der Waals surface area (Å²) in [6.07, 6.45) is 4.83. The summed E-state index contributed by atoms with van der Waals surface area (Å²) >= 11 is 4.81. The Labute approximate surface area is 61.7 Å². The van der Waals surface area contributed by atoms with Gasteiger partial charge in [-0.15, -0.1) is 6.58 Å². The SMILES string of the molecule is C=CCCCC(=S)OC. The van der Waals surface area contributed by atoms with E-state index in [9.17, 15) is 0 Å². The maximum Gasteiger partial charge on any atom is 0.159 e. The molecule has 0 radical (unpaired) electrons. The van der Waals surface area contributed by atoms with Crippen LogP contribution >= 0.6 is 12.2 Å². The monoisotopic (exact) mass is 144 g/mol. The normalized spacial score (nSPS) is 8.56. The molecule has 0 atom stereocenters. The second kappa shape index (κ2) is 5.76. The summed E-state index contributed by atoms with van der Waals surface area (Å²) in [4.78, 5) is 0. The van der Waals surface area contributed by atoms with E-state index in [4.69, 9.17) is 17.0 Å². The third kappa shape index (κ3) is 5.50. The molecule has 0 amide bonds. The molecule has 0 aliphatic rings. The zero-order chi connectivity index (χ0) is 7.11. The number of thiocarbonyl (C=S) groups is 1. The van der Waals surface area contributed by atoms with Crippen LogP contribution in [0.5, 0.6) is 0 Å². The van der Waals surface area contributed by atoms with Crippen molar-refractivity contribution in [2.45, 2.75) is 19.3 Å². The molecule has 0 aliphatic carbocycles. The molecule has 0 aliphatic heterocycles. The van der Waals surface area contributed by atoms with E-state index >= 15 is 0 Å². The van der Waals surface area contributed by atoms with Crippen LogP contribution < -0.4 is 0 Å². The predicted octanol–water partition coefficient (Wildman–Crippen LogP) is 2.32. The van der Waals surface area contributed by atoms with Gasteiger partial charge in [0.2, 0.25) is 0 Å². The lowest BCUT2D eigenvalue weighted by molar-refractivity contribution is 0.400. The van der Waals surface area contributed by atoms with Crippen LogP contribution in [0.2, 0.25) is 0 Å². The molecule has 0 aromatic carbocycles. The van der Waals surface area contributed by atoms with Gasteiger partial charge in [0.15, 0.2) is 5.05 Å². The Morgan fingerprint density at radius 1 is 1.78 bits per heavy atom. The molecule has 52 valence electrons. The van der Waals surface area contributed by atoms with E-state index in [0.29, 0.717) is 5.05 Å². The van der Waals surface area contributed by atoms with Crippen LogP contribution in [-0.2, 0) is 4.74 Å². The highest BCUT2D eigenvalue weighted by atomic mass is 32.1. The number of hydrogen-bond acceptors (Lipinski definition) is 2. The van der Waals surface area contributed by atoms with Crippen LogP contribution in [0.1, 0.15) is 19.3 Å². The van der Waals surface area contributed by atoms with Crippen molar-refractivity contribution in [3.05, 3.63) is 12.7 Å². The third-order valence-corrected chi connectivity index (χ3v) is 1.39. The Bertz CT molecular complexity index is 99.1. The summed E-state index contributed by atoms with van der Waals surface area (Å²) in [6, 6.07) is 0. The zero-order valence-electron chi connectivity index (χ0n) is 5.72. The van der Waals surface area contributed by atoms with Gasteiger partial charge in [-0.3, -0.25) is 0 Å². The largest absolute Gasteiger partial charge is 0.490 e. The van der Waals surface area contributed by atoms with Crippen molar-refractivity contribution in [1.29, 1.82) is 0 Å². The fourth-order valence-corrected chi connectivity index (χ4v) is 0.637. The minimum Gasteiger partial charge on any atom is -0.490 e. The van der Waals surface area contributed by atoms with E-state index in [0.717, 1.165) is 19.3 Å². The third-order valence-electron chi connectivity index (χ3n) is 1.02. The summed E-state index contributed by atoms with van der Waals surface area (Å²) in [5.74, 6) is 0. The molecule has 0 aromatic rings. The number of methoxy groups -OCH3 is 1. The highest BCUT2D eigenvalue weighted by Crippen LogP contribution is 1.98. The second-order valence-electron chi connectivity index (χ2n) is 1.76. The highest BCUT2D eigenvalue weighted by Gasteiger charge is 1.91. The Hall–Kier alpha value is -0.370. The van der Waals surface area contributed by atoms with Crippen molar-refractivity contribution >= 4 is 17.3 Å². The smallest absolute Gasteiger partial charge is 0.159 e. The van der Waals surface area contributed by atoms with Crippen LogP contribution in [0, 0.1) is 0 Å². The van der Waals surface area contributed by atoms with Crippen molar-refractivity contribution in [1.82, 2.24) is 0 Å². The van der Waals surface area contributed by atoms with E-state index < -0.39 is 0 Å². The van der Waals surface area contributed by atoms with Crippen molar-refractivity contribution in [3.63, 3.8) is 0 Å². The molecule has 0 N–H and O–H groups in total. The van der Waals surface area contributed by atoms with Gasteiger partial charge in [-0.2, -0.15) is 0 Å². The van der Waals surface area contributed by atoms with Gasteiger partial charge >= 0.3 is 0 Å². The summed E-state index contributed by atoms with van der Waals surface area (Å²) in [6.45, 7) is 3.60. The van der Waals surface area contributed by atoms with Gasteiger partial charge in [0.25, 0.3) is 0 Å². The van der Waals surface area contributed by atoms with Crippen LogP contribution in [-0.4, -0.2) is 12.2 Å². The fourth-order valence-electron chi connectivity index (χ4n) is 0.493. The topological polar surface area (TPSA) is 9.23 Å². The van der Waals surface area contributed by atoms with Gasteiger partial charge in [-0.05, 0) is 25.1 Å². The first-order chi connectivity index (χ1) is 4.31. The molecule has 0 saturated heterocycles. The van der Waals surface area contributed by atoms with Gasteiger partial charge < -0.3 is 4.74 Å². The van der Waals surface area contributed by atoms with Crippen molar-refractivity contribution in [2.24, 2.45) is 0 Å². The van der Waals surface area contributed by atoms with E-state index in [1.807, 2.05) is 6.08 Å². The van der Waals surface area contributed by atoms with Crippen molar-refractivity contribution < 1.29 is 4.74 Å². The fraction of sp³-hybridized carbons (Fsp3) is 0.571. The quantitative estimate of drug-likeness (QED) is 0.340. The summed E-state index contributed by atoms with van der Waals surface area (Å²) in [5.41, 5.74) is 0. The molecular weight excluding hydrogens is 132 g/mol. The maximum atomic E-state index is 4.81. The number of unbranched alkanes of at least 4 members (excludes halogenated alkanes) is 1. The van der Waals surface area contributed by atoms with Gasteiger partial charge in [0.1, 0.15) is 0 Å². The Morgan fingerprint density at radius 2 is 2.44 bits per heavy atom. The molecular formula is C7H12OS. The average molecular weight is 144 g/mol. The lowest BCUT2D eigenvalue weighted by atomic mass is 10.2. The molecule has 0 spiro atoms. The maximum absolute atomic E-state index is 4.81. The molecule has 0 heterocycles. The molecule has 0 rings (SSSR count). The zero-order valence-corrected chi connectivity index (χ0v) is 6.54. The van der Waals surface area contributed by atoms with Crippen molar-refractivity contribution in [3.8, 4) is 0 Å². The van der Waals surface area contributed by atoms with Crippen LogP contribution in [0.15, 0.2) is 12.7 Å². The second-order valence-corrected chi connectivity index (χ2v) is 2.21. The first-order valence-electron chi connectivity index (χ1n) is 2.99. The molecule has 1 nitrogen and oxygen atoms in total. The van der Waals surface area contributed by atoms with Gasteiger partial charge in [-0.1, -0.05) is 6.08 Å². The summed E-state index contributed by atoms with van der Waals surface area (Å²) in [7, 11) is 1.61. The summed E-state index contributed by atoms with van der Waals surface area (Å²) < 4.78 is 4.79. The molecule has 0 saturated carbocycles. The molecule has 0 unspecified atom stereocenters. The Balaban J connectivity index is 3.06. The molecule has 0 fully saturated rings. The standard InChI is InChI=1S/C7H12OS/c1-3-4-5-6-7(9)8-2/h3H,1,4-6H2,2H3. The van der Waals surface area contributed by atoms with E-state index in [1.54, 1.807) is 7.11 Å². The molecule has 0 aromatic heterocycles. The van der Waals surface area contributed by atoms with Gasteiger partial charge in [-0.25, -0.2) is 0 Å². The minimum absolute atomic E-state index is 0.692.